The molecule has 2 N–H and O–H groups in total. The number of nitrogen functional groups attached to an aromatic ring is 1. The summed E-state index contributed by atoms with van der Waals surface area (Å²) in [5.41, 5.74) is 9.01. The Kier molecular flexibility index (Phi) is 5.66. The summed E-state index contributed by atoms with van der Waals surface area (Å²) in [4.78, 5) is 12.4. The first-order chi connectivity index (χ1) is 13.6. The zero-order valence-electron chi connectivity index (χ0n) is 15.8. The Balaban J connectivity index is 2.24. The summed E-state index contributed by atoms with van der Waals surface area (Å²) >= 11 is 0. The van der Waals surface area contributed by atoms with Gasteiger partial charge in [0.1, 0.15) is 11.8 Å². The first kappa shape index (κ1) is 19.1. The number of carbonyl (C=O) groups excluding carboxylic acids is 1. The van der Waals surface area contributed by atoms with Gasteiger partial charge in [0.05, 0.1) is 30.7 Å². The molecule has 0 saturated carbocycles. The molecular formula is C22H21N3O3. The SMILES string of the molecule is CCCOc1ccc(-c2ccccc2)cc1-n1cc(C#N)c(N)c1C(=O)OC. The van der Waals surface area contributed by atoms with Crippen LogP contribution in [0, 0.1) is 11.3 Å². The predicted octanol–water partition coefficient (Wildman–Crippen LogP) is 4.17. The van der Waals surface area contributed by atoms with Gasteiger partial charge in [0, 0.05) is 6.20 Å². The highest BCUT2D eigenvalue weighted by Crippen LogP contribution is 2.33. The van der Waals surface area contributed by atoms with Crippen molar-refractivity contribution in [3.63, 3.8) is 0 Å². The number of esters is 1. The minimum absolute atomic E-state index is 0.0842. The van der Waals surface area contributed by atoms with Crippen LogP contribution in [0.15, 0.2) is 54.7 Å². The number of nitriles is 1. The van der Waals surface area contributed by atoms with E-state index in [9.17, 15) is 10.1 Å². The van der Waals surface area contributed by atoms with E-state index in [1.165, 1.54) is 13.3 Å². The number of carbonyl (C=O) groups is 1. The molecule has 6 heteroatoms. The average molecular weight is 375 g/mol. The minimum atomic E-state index is -0.620. The van der Waals surface area contributed by atoms with Gasteiger partial charge in [-0.15, -0.1) is 0 Å². The zero-order valence-corrected chi connectivity index (χ0v) is 15.8. The molecular weight excluding hydrogens is 354 g/mol. The molecule has 0 amide bonds. The lowest BCUT2D eigenvalue weighted by Gasteiger charge is -2.16. The van der Waals surface area contributed by atoms with Gasteiger partial charge < -0.3 is 19.8 Å². The molecule has 3 rings (SSSR count). The Labute approximate surface area is 163 Å². The summed E-state index contributed by atoms with van der Waals surface area (Å²) in [5, 5.41) is 9.37. The number of hydrogen-bond acceptors (Lipinski definition) is 5. The van der Waals surface area contributed by atoms with E-state index in [1.807, 2.05) is 61.5 Å². The van der Waals surface area contributed by atoms with Gasteiger partial charge in [-0.3, -0.25) is 0 Å². The van der Waals surface area contributed by atoms with E-state index in [0.717, 1.165) is 17.5 Å². The van der Waals surface area contributed by atoms with E-state index in [1.54, 1.807) is 4.57 Å². The number of ether oxygens (including phenoxy) is 2. The molecule has 2 aromatic carbocycles. The molecule has 1 heterocycles. The Hall–Kier alpha value is -3.72. The van der Waals surface area contributed by atoms with Crippen molar-refractivity contribution in [1.29, 1.82) is 5.26 Å². The molecule has 142 valence electrons. The van der Waals surface area contributed by atoms with Crippen LogP contribution in [0.25, 0.3) is 16.8 Å². The Bertz CT molecular complexity index is 1030. The van der Waals surface area contributed by atoms with Crippen molar-refractivity contribution in [3.8, 4) is 28.6 Å². The summed E-state index contributed by atoms with van der Waals surface area (Å²) in [6.45, 7) is 2.53. The highest BCUT2D eigenvalue weighted by atomic mass is 16.5. The number of rotatable bonds is 6. The summed E-state index contributed by atoms with van der Waals surface area (Å²) < 4.78 is 12.3. The third-order valence-corrected chi connectivity index (χ3v) is 4.33. The molecule has 1 aromatic heterocycles. The highest BCUT2D eigenvalue weighted by Gasteiger charge is 2.23. The second-order valence-electron chi connectivity index (χ2n) is 6.18. The van der Waals surface area contributed by atoms with Gasteiger partial charge in [0.2, 0.25) is 0 Å². The lowest BCUT2D eigenvalue weighted by atomic mass is 10.0. The number of hydrogen-bond donors (Lipinski definition) is 1. The van der Waals surface area contributed by atoms with Crippen LogP contribution in [0.1, 0.15) is 29.4 Å². The summed E-state index contributed by atoms with van der Waals surface area (Å²) in [6, 6.07) is 17.6. The second-order valence-corrected chi connectivity index (χ2v) is 6.18. The maximum atomic E-state index is 12.4. The smallest absolute Gasteiger partial charge is 0.357 e. The number of nitrogens with zero attached hydrogens (tertiary/aromatic N) is 2. The standard InChI is InChI=1S/C22H21N3O3/c1-3-11-28-19-10-9-16(15-7-5-4-6-8-15)12-18(19)25-14-17(13-23)20(24)21(25)22(26)27-2/h4-10,12,14H,3,11,24H2,1-2H3. The Morgan fingerprint density at radius 1 is 1.18 bits per heavy atom. The van der Waals surface area contributed by atoms with E-state index in [0.29, 0.717) is 18.0 Å². The summed E-state index contributed by atoms with van der Waals surface area (Å²) in [7, 11) is 1.28. The molecule has 0 aliphatic carbocycles. The topological polar surface area (TPSA) is 90.3 Å². The molecule has 0 atom stereocenters. The fourth-order valence-electron chi connectivity index (χ4n) is 2.95. The van der Waals surface area contributed by atoms with E-state index < -0.39 is 5.97 Å². The van der Waals surface area contributed by atoms with Crippen LogP contribution in [0.3, 0.4) is 0 Å². The second kappa shape index (κ2) is 8.31. The molecule has 0 bridgehead atoms. The summed E-state index contributed by atoms with van der Waals surface area (Å²) in [6.07, 6.45) is 2.37. The Morgan fingerprint density at radius 3 is 2.57 bits per heavy atom. The third-order valence-electron chi connectivity index (χ3n) is 4.33. The number of benzene rings is 2. The van der Waals surface area contributed by atoms with Gasteiger partial charge in [-0.1, -0.05) is 43.3 Å². The third kappa shape index (κ3) is 3.55. The fraction of sp³-hybridized carbons (Fsp3) is 0.182. The largest absolute Gasteiger partial charge is 0.491 e. The molecule has 28 heavy (non-hydrogen) atoms. The van der Waals surface area contributed by atoms with Crippen molar-refractivity contribution in [2.24, 2.45) is 0 Å². The van der Waals surface area contributed by atoms with Gasteiger partial charge in [-0.25, -0.2) is 4.79 Å². The Morgan fingerprint density at radius 2 is 1.93 bits per heavy atom. The number of methoxy groups -OCH3 is 1. The maximum Gasteiger partial charge on any atom is 0.357 e. The highest BCUT2D eigenvalue weighted by molar-refractivity contribution is 5.96. The first-order valence-electron chi connectivity index (χ1n) is 8.92. The lowest BCUT2D eigenvalue weighted by Crippen LogP contribution is -2.12. The van der Waals surface area contributed by atoms with Crippen LogP contribution in [0.4, 0.5) is 5.69 Å². The number of anilines is 1. The van der Waals surface area contributed by atoms with Crippen molar-refractivity contribution >= 4 is 11.7 Å². The monoisotopic (exact) mass is 375 g/mol. The van der Waals surface area contributed by atoms with Gasteiger partial charge in [0.25, 0.3) is 0 Å². The predicted molar refractivity (Wildman–Crippen MR) is 107 cm³/mol. The zero-order chi connectivity index (χ0) is 20.1. The van der Waals surface area contributed by atoms with Gasteiger partial charge in [-0.2, -0.15) is 5.26 Å². The molecule has 0 unspecified atom stereocenters. The van der Waals surface area contributed by atoms with E-state index in [-0.39, 0.29) is 16.9 Å². The van der Waals surface area contributed by atoms with Crippen molar-refractivity contribution in [1.82, 2.24) is 4.57 Å². The van der Waals surface area contributed by atoms with E-state index >= 15 is 0 Å². The van der Waals surface area contributed by atoms with Crippen LogP contribution >= 0.6 is 0 Å². The molecule has 0 radical (unpaired) electrons. The molecule has 0 aliphatic rings. The van der Waals surface area contributed by atoms with E-state index in [4.69, 9.17) is 15.2 Å². The van der Waals surface area contributed by atoms with Crippen LogP contribution in [-0.2, 0) is 4.74 Å². The van der Waals surface area contributed by atoms with E-state index in [2.05, 4.69) is 0 Å². The van der Waals surface area contributed by atoms with Crippen LogP contribution < -0.4 is 10.5 Å². The van der Waals surface area contributed by atoms with Gasteiger partial charge >= 0.3 is 5.97 Å². The normalized spacial score (nSPS) is 10.3. The van der Waals surface area contributed by atoms with Crippen molar-refractivity contribution < 1.29 is 14.3 Å². The average Bonchev–Trinajstić information content (AvgIpc) is 3.08. The van der Waals surface area contributed by atoms with Crippen molar-refractivity contribution in [2.75, 3.05) is 19.5 Å². The molecule has 0 saturated heterocycles. The summed E-state index contributed by atoms with van der Waals surface area (Å²) in [5.74, 6) is -0.0308. The van der Waals surface area contributed by atoms with Crippen LogP contribution in [0.2, 0.25) is 0 Å². The molecule has 0 spiro atoms. The quantitative estimate of drug-likeness (QED) is 0.653. The molecule has 3 aromatic rings. The fourth-order valence-corrected chi connectivity index (χ4v) is 2.95. The molecule has 0 fully saturated rings. The maximum absolute atomic E-state index is 12.4. The number of aromatic nitrogens is 1. The van der Waals surface area contributed by atoms with Crippen LogP contribution in [-0.4, -0.2) is 24.3 Å². The van der Waals surface area contributed by atoms with Crippen molar-refractivity contribution in [2.45, 2.75) is 13.3 Å². The minimum Gasteiger partial charge on any atom is -0.491 e. The van der Waals surface area contributed by atoms with Crippen molar-refractivity contribution in [3.05, 3.63) is 66.0 Å². The molecule has 0 aliphatic heterocycles. The first-order valence-corrected chi connectivity index (χ1v) is 8.92. The lowest BCUT2D eigenvalue weighted by molar-refractivity contribution is 0.0593. The number of nitrogens with two attached hydrogens (primary N) is 1. The molecule has 6 nitrogen and oxygen atoms in total. The van der Waals surface area contributed by atoms with Gasteiger partial charge in [-0.05, 0) is 29.7 Å². The van der Waals surface area contributed by atoms with Gasteiger partial charge in [0.15, 0.2) is 5.69 Å². The van der Waals surface area contributed by atoms with Crippen LogP contribution in [0.5, 0.6) is 5.75 Å².